The highest BCUT2D eigenvalue weighted by molar-refractivity contribution is 14.1. The number of methoxy groups -OCH3 is 1. The molecule has 0 heterocycles. The fourth-order valence-electron chi connectivity index (χ4n) is 0.979. The summed E-state index contributed by atoms with van der Waals surface area (Å²) in [6.07, 6.45) is 0. The maximum absolute atomic E-state index is 8.18. The van der Waals surface area contributed by atoms with Gasteiger partial charge in [0.2, 0.25) is 0 Å². The summed E-state index contributed by atoms with van der Waals surface area (Å²) >= 11 is 2.20. The summed E-state index contributed by atoms with van der Waals surface area (Å²) in [6.45, 7) is 0.330. The molecule has 68 valence electrons. The first-order valence-electron chi connectivity index (χ1n) is 3.61. The van der Waals surface area contributed by atoms with Crippen LogP contribution in [0.15, 0.2) is 23.3 Å². The Morgan fingerprint density at radius 2 is 2.38 bits per heavy atom. The lowest BCUT2D eigenvalue weighted by molar-refractivity contribution is 0.409. The number of rotatable bonds is 3. The topological polar surface area (TPSA) is 58.0 Å². The molecule has 0 aliphatic rings. The molecule has 0 saturated carbocycles. The Bertz CT molecular complexity index is 347. The van der Waals surface area contributed by atoms with E-state index in [-0.39, 0.29) is 0 Å². The smallest absolute Gasteiger partial charge is 0.122 e. The van der Waals surface area contributed by atoms with Gasteiger partial charge in [0.05, 0.1) is 13.7 Å². The first-order chi connectivity index (χ1) is 6.27. The highest BCUT2D eigenvalue weighted by Gasteiger charge is 2.01. The zero-order valence-corrected chi connectivity index (χ0v) is 9.22. The Morgan fingerprint density at radius 1 is 1.62 bits per heavy atom. The maximum atomic E-state index is 8.18. The number of ether oxygens (including phenoxy) is 1. The van der Waals surface area contributed by atoms with Crippen LogP contribution in [-0.2, 0) is 6.54 Å². The first kappa shape index (κ1) is 10.1. The standard InChI is InChI=1S/C8H8IN3O/c1-13-8-3-2-7(9)4-6(8)5-11-12-10/h2-4H,5H2,1H3. The molecular formula is C8H8IN3O. The lowest BCUT2D eigenvalue weighted by Crippen LogP contribution is -1.90. The number of hydrogen-bond donors (Lipinski definition) is 0. The number of halogens is 1. The molecule has 0 bridgehead atoms. The Hall–Kier alpha value is -0.940. The molecule has 0 aliphatic heterocycles. The van der Waals surface area contributed by atoms with Crippen LogP contribution in [0.1, 0.15) is 5.56 Å². The highest BCUT2D eigenvalue weighted by atomic mass is 127. The summed E-state index contributed by atoms with van der Waals surface area (Å²) in [6, 6.07) is 5.75. The Balaban J connectivity index is 3.00. The van der Waals surface area contributed by atoms with Crippen LogP contribution in [-0.4, -0.2) is 7.11 Å². The van der Waals surface area contributed by atoms with E-state index < -0.39 is 0 Å². The first-order valence-corrected chi connectivity index (χ1v) is 4.69. The predicted octanol–water partition coefficient (Wildman–Crippen LogP) is 3.11. The lowest BCUT2D eigenvalue weighted by Gasteiger charge is -2.05. The molecule has 0 aromatic heterocycles. The summed E-state index contributed by atoms with van der Waals surface area (Å²) in [5.74, 6) is 0.757. The van der Waals surface area contributed by atoms with Crippen LogP contribution >= 0.6 is 22.6 Å². The van der Waals surface area contributed by atoms with Gasteiger partial charge in [0.1, 0.15) is 5.75 Å². The second-order valence-corrected chi connectivity index (χ2v) is 3.59. The van der Waals surface area contributed by atoms with Gasteiger partial charge in [-0.15, -0.1) is 0 Å². The van der Waals surface area contributed by atoms with Gasteiger partial charge in [-0.1, -0.05) is 5.11 Å². The average molecular weight is 289 g/mol. The minimum Gasteiger partial charge on any atom is -0.496 e. The second kappa shape index (κ2) is 4.94. The van der Waals surface area contributed by atoms with Gasteiger partial charge in [-0.05, 0) is 46.3 Å². The van der Waals surface area contributed by atoms with Gasteiger partial charge < -0.3 is 4.74 Å². The summed E-state index contributed by atoms with van der Waals surface area (Å²) in [7, 11) is 1.60. The molecule has 0 amide bonds. The molecular weight excluding hydrogens is 281 g/mol. The number of nitrogens with zero attached hydrogens (tertiary/aromatic N) is 3. The van der Waals surface area contributed by atoms with E-state index in [1.807, 2.05) is 18.2 Å². The summed E-state index contributed by atoms with van der Waals surface area (Å²) in [5.41, 5.74) is 9.09. The molecule has 0 fully saturated rings. The van der Waals surface area contributed by atoms with Crippen LogP contribution < -0.4 is 4.74 Å². The molecule has 0 N–H and O–H groups in total. The van der Waals surface area contributed by atoms with Gasteiger partial charge in [0, 0.05) is 14.0 Å². The molecule has 13 heavy (non-hydrogen) atoms. The zero-order chi connectivity index (χ0) is 9.68. The van der Waals surface area contributed by atoms with Gasteiger partial charge in [-0.25, -0.2) is 0 Å². The maximum Gasteiger partial charge on any atom is 0.122 e. The SMILES string of the molecule is COc1ccc(I)cc1CN=[N+]=[N-]. The third kappa shape index (κ3) is 2.78. The van der Waals surface area contributed by atoms with E-state index in [0.29, 0.717) is 6.54 Å². The van der Waals surface area contributed by atoms with Gasteiger partial charge in [0.25, 0.3) is 0 Å². The molecule has 0 atom stereocenters. The highest BCUT2D eigenvalue weighted by Crippen LogP contribution is 2.21. The zero-order valence-electron chi connectivity index (χ0n) is 7.07. The number of hydrogen-bond acceptors (Lipinski definition) is 2. The van der Waals surface area contributed by atoms with Crippen molar-refractivity contribution in [2.24, 2.45) is 5.11 Å². The van der Waals surface area contributed by atoms with Crippen molar-refractivity contribution in [3.8, 4) is 5.75 Å². The lowest BCUT2D eigenvalue weighted by atomic mass is 10.2. The molecule has 0 spiro atoms. The summed E-state index contributed by atoms with van der Waals surface area (Å²) < 4.78 is 6.21. The fraction of sp³-hybridized carbons (Fsp3) is 0.250. The molecule has 0 unspecified atom stereocenters. The molecule has 0 radical (unpaired) electrons. The van der Waals surface area contributed by atoms with Crippen molar-refractivity contribution in [2.45, 2.75) is 6.54 Å². The van der Waals surface area contributed by atoms with Crippen molar-refractivity contribution in [3.05, 3.63) is 37.8 Å². The van der Waals surface area contributed by atoms with E-state index in [4.69, 9.17) is 10.3 Å². The van der Waals surface area contributed by atoms with Crippen LogP contribution in [0.4, 0.5) is 0 Å². The van der Waals surface area contributed by atoms with Crippen LogP contribution in [0, 0.1) is 3.57 Å². The van der Waals surface area contributed by atoms with Crippen molar-refractivity contribution in [3.63, 3.8) is 0 Å². The van der Waals surface area contributed by atoms with E-state index in [1.165, 1.54) is 0 Å². The largest absolute Gasteiger partial charge is 0.496 e. The van der Waals surface area contributed by atoms with Crippen LogP contribution in [0.5, 0.6) is 5.75 Å². The van der Waals surface area contributed by atoms with E-state index in [0.717, 1.165) is 14.9 Å². The van der Waals surface area contributed by atoms with Crippen molar-refractivity contribution < 1.29 is 4.74 Å². The molecule has 5 heteroatoms. The average Bonchev–Trinajstić information content (AvgIpc) is 2.15. The molecule has 1 aromatic rings. The third-order valence-electron chi connectivity index (χ3n) is 1.55. The Labute approximate surface area is 89.7 Å². The Kier molecular flexibility index (Phi) is 3.85. The number of benzene rings is 1. The minimum absolute atomic E-state index is 0.330. The molecule has 1 aromatic carbocycles. The quantitative estimate of drug-likeness (QED) is 0.365. The molecule has 4 nitrogen and oxygen atoms in total. The van der Waals surface area contributed by atoms with E-state index in [1.54, 1.807) is 7.11 Å². The molecule has 0 saturated heterocycles. The van der Waals surface area contributed by atoms with Gasteiger partial charge in [0.15, 0.2) is 0 Å². The van der Waals surface area contributed by atoms with E-state index >= 15 is 0 Å². The number of azide groups is 1. The summed E-state index contributed by atoms with van der Waals surface area (Å²) in [4.78, 5) is 2.70. The Morgan fingerprint density at radius 3 is 3.00 bits per heavy atom. The normalized spacial score (nSPS) is 9.08. The van der Waals surface area contributed by atoms with Gasteiger partial charge in [-0.2, -0.15) is 0 Å². The summed E-state index contributed by atoms with van der Waals surface area (Å²) in [5, 5.41) is 3.49. The van der Waals surface area contributed by atoms with E-state index in [2.05, 4.69) is 32.6 Å². The van der Waals surface area contributed by atoms with Crippen molar-refractivity contribution in [1.82, 2.24) is 0 Å². The van der Waals surface area contributed by atoms with Crippen molar-refractivity contribution >= 4 is 22.6 Å². The molecule has 1 rings (SSSR count). The van der Waals surface area contributed by atoms with Crippen LogP contribution in [0.25, 0.3) is 10.4 Å². The predicted molar refractivity (Wildman–Crippen MR) is 58.6 cm³/mol. The van der Waals surface area contributed by atoms with Crippen molar-refractivity contribution in [1.29, 1.82) is 0 Å². The van der Waals surface area contributed by atoms with Crippen LogP contribution in [0.3, 0.4) is 0 Å². The van der Waals surface area contributed by atoms with Crippen LogP contribution in [0.2, 0.25) is 0 Å². The van der Waals surface area contributed by atoms with Gasteiger partial charge >= 0.3 is 0 Å². The molecule has 0 aliphatic carbocycles. The minimum atomic E-state index is 0.330. The monoisotopic (exact) mass is 289 g/mol. The fourth-order valence-corrected chi connectivity index (χ4v) is 1.53. The van der Waals surface area contributed by atoms with Gasteiger partial charge in [-0.3, -0.25) is 0 Å². The van der Waals surface area contributed by atoms with Crippen molar-refractivity contribution in [2.75, 3.05) is 7.11 Å². The third-order valence-corrected chi connectivity index (χ3v) is 2.22. The second-order valence-electron chi connectivity index (χ2n) is 2.35. The van der Waals surface area contributed by atoms with E-state index in [9.17, 15) is 0 Å².